The minimum absolute atomic E-state index is 0.0457. The highest BCUT2D eigenvalue weighted by molar-refractivity contribution is 5.44. The molecule has 0 aliphatic rings. The largest absolute Gasteiger partial charge is 0.496 e. The molecule has 0 aliphatic carbocycles. The van der Waals surface area contributed by atoms with Gasteiger partial charge in [0.15, 0.2) is 0 Å². The van der Waals surface area contributed by atoms with E-state index in [-0.39, 0.29) is 17.7 Å². The average molecular weight is 211 g/mol. The van der Waals surface area contributed by atoms with Crippen LogP contribution >= 0.6 is 0 Å². The molecule has 0 aromatic heterocycles. The number of alkyl halides is 2. The Morgan fingerprint density at radius 3 is 2.60 bits per heavy atom. The highest BCUT2D eigenvalue weighted by Crippen LogP contribution is 2.37. The van der Waals surface area contributed by atoms with Gasteiger partial charge in [0.2, 0.25) is 0 Å². The molecule has 2 nitrogen and oxygen atoms in total. The van der Waals surface area contributed by atoms with Gasteiger partial charge in [0, 0.05) is 6.92 Å². The molecule has 0 unspecified atom stereocenters. The molecular formula is C11H11F2NO. The summed E-state index contributed by atoms with van der Waals surface area (Å²) < 4.78 is 31.5. The molecule has 0 saturated carbocycles. The van der Waals surface area contributed by atoms with Crippen molar-refractivity contribution < 1.29 is 13.5 Å². The number of rotatable bonds is 3. The molecule has 0 amide bonds. The van der Waals surface area contributed by atoms with Crippen LogP contribution in [-0.2, 0) is 12.3 Å². The van der Waals surface area contributed by atoms with Gasteiger partial charge in [0.1, 0.15) is 5.75 Å². The summed E-state index contributed by atoms with van der Waals surface area (Å²) in [5.74, 6) is -2.88. The van der Waals surface area contributed by atoms with Crippen molar-refractivity contribution in [3.63, 3.8) is 0 Å². The number of nitrogens with zero attached hydrogens (tertiary/aromatic N) is 1. The topological polar surface area (TPSA) is 33.0 Å². The Morgan fingerprint density at radius 1 is 1.47 bits per heavy atom. The predicted molar refractivity (Wildman–Crippen MR) is 51.9 cm³/mol. The van der Waals surface area contributed by atoms with E-state index in [0.29, 0.717) is 5.56 Å². The Morgan fingerprint density at radius 2 is 2.13 bits per heavy atom. The van der Waals surface area contributed by atoms with Crippen LogP contribution in [0.5, 0.6) is 5.75 Å². The van der Waals surface area contributed by atoms with Crippen molar-refractivity contribution in [2.24, 2.45) is 0 Å². The second-order valence-corrected chi connectivity index (χ2v) is 3.22. The lowest BCUT2D eigenvalue weighted by atomic mass is 9.99. The van der Waals surface area contributed by atoms with E-state index in [1.54, 1.807) is 6.07 Å². The highest BCUT2D eigenvalue weighted by atomic mass is 19.3. The first-order valence-electron chi connectivity index (χ1n) is 4.42. The molecule has 0 fully saturated rings. The molecule has 0 aliphatic heterocycles. The molecule has 1 rings (SSSR count). The van der Waals surface area contributed by atoms with Crippen LogP contribution in [0.25, 0.3) is 0 Å². The third-order valence-corrected chi connectivity index (χ3v) is 2.04. The molecule has 0 N–H and O–H groups in total. The lowest BCUT2D eigenvalue weighted by Crippen LogP contribution is -2.12. The summed E-state index contributed by atoms with van der Waals surface area (Å²) in [5.41, 5.74) is 0.110. The van der Waals surface area contributed by atoms with Crippen molar-refractivity contribution in [3.8, 4) is 11.8 Å². The quantitative estimate of drug-likeness (QED) is 0.770. The molecule has 15 heavy (non-hydrogen) atoms. The van der Waals surface area contributed by atoms with Crippen LogP contribution in [0.2, 0.25) is 0 Å². The predicted octanol–water partition coefficient (Wildman–Crippen LogP) is 2.87. The molecule has 4 heteroatoms. The molecule has 1 aromatic rings. The van der Waals surface area contributed by atoms with E-state index in [0.717, 1.165) is 6.92 Å². The Hall–Kier alpha value is -1.63. The van der Waals surface area contributed by atoms with Crippen molar-refractivity contribution in [2.75, 3.05) is 7.11 Å². The Labute approximate surface area is 87.1 Å². The second kappa shape index (κ2) is 4.26. The van der Waals surface area contributed by atoms with Gasteiger partial charge >= 0.3 is 0 Å². The van der Waals surface area contributed by atoms with Gasteiger partial charge in [0.25, 0.3) is 5.92 Å². The smallest absolute Gasteiger partial charge is 0.274 e. The van der Waals surface area contributed by atoms with Crippen molar-refractivity contribution in [3.05, 3.63) is 29.3 Å². The summed E-state index contributed by atoms with van der Waals surface area (Å²) >= 11 is 0. The molecule has 0 spiro atoms. The molecular weight excluding hydrogens is 200 g/mol. The summed E-state index contributed by atoms with van der Waals surface area (Å²) in [6.45, 7) is 0.797. The molecule has 1 aromatic carbocycles. The third kappa shape index (κ3) is 2.44. The zero-order valence-electron chi connectivity index (χ0n) is 8.55. The first-order chi connectivity index (χ1) is 7.00. The zero-order valence-corrected chi connectivity index (χ0v) is 8.55. The van der Waals surface area contributed by atoms with Crippen molar-refractivity contribution in [1.29, 1.82) is 5.26 Å². The third-order valence-electron chi connectivity index (χ3n) is 2.04. The maximum absolute atomic E-state index is 13.3. The minimum Gasteiger partial charge on any atom is -0.496 e. The summed E-state index contributed by atoms with van der Waals surface area (Å²) in [6.07, 6.45) is -0.0457. The lowest BCUT2D eigenvalue weighted by molar-refractivity contribution is 0.0143. The van der Waals surface area contributed by atoms with E-state index < -0.39 is 5.92 Å². The van der Waals surface area contributed by atoms with E-state index in [2.05, 4.69) is 0 Å². The molecule has 0 atom stereocenters. The van der Waals surface area contributed by atoms with E-state index in [1.165, 1.54) is 19.2 Å². The van der Waals surface area contributed by atoms with Crippen molar-refractivity contribution in [2.45, 2.75) is 19.3 Å². The van der Waals surface area contributed by atoms with Crippen molar-refractivity contribution in [1.82, 2.24) is 0 Å². The van der Waals surface area contributed by atoms with Crippen LogP contribution in [0.4, 0.5) is 8.78 Å². The second-order valence-electron chi connectivity index (χ2n) is 3.22. The van der Waals surface area contributed by atoms with Gasteiger partial charge in [-0.05, 0) is 11.6 Å². The van der Waals surface area contributed by atoms with Crippen LogP contribution in [0.15, 0.2) is 18.2 Å². The molecule has 0 saturated heterocycles. The normalized spacial score (nSPS) is 10.9. The van der Waals surface area contributed by atoms with Gasteiger partial charge < -0.3 is 4.74 Å². The van der Waals surface area contributed by atoms with E-state index in [1.807, 2.05) is 6.07 Å². The maximum Gasteiger partial charge on any atom is 0.274 e. The SMILES string of the molecule is COc1cccc(CC#N)c1C(C)(F)F. The summed E-state index contributed by atoms with van der Waals surface area (Å²) in [5, 5.41) is 8.54. The monoisotopic (exact) mass is 211 g/mol. The van der Waals surface area contributed by atoms with E-state index in [4.69, 9.17) is 10.00 Å². The average Bonchev–Trinajstić information content (AvgIpc) is 2.16. The van der Waals surface area contributed by atoms with Crippen LogP contribution in [0.3, 0.4) is 0 Å². The van der Waals surface area contributed by atoms with Crippen LogP contribution in [-0.4, -0.2) is 7.11 Å². The summed E-state index contributed by atoms with van der Waals surface area (Å²) in [7, 11) is 1.33. The number of ether oxygens (including phenoxy) is 1. The number of methoxy groups -OCH3 is 1. The number of hydrogen-bond acceptors (Lipinski definition) is 2. The van der Waals surface area contributed by atoms with Gasteiger partial charge in [0.05, 0.1) is 25.2 Å². The minimum atomic E-state index is -3.00. The highest BCUT2D eigenvalue weighted by Gasteiger charge is 2.31. The summed E-state index contributed by atoms with van der Waals surface area (Å²) in [6, 6.07) is 6.44. The van der Waals surface area contributed by atoms with Crippen LogP contribution in [0, 0.1) is 11.3 Å². The molecule has 0 heterocycles. The van der Waals surface area contributed by atoms with Crippen LogP contribution < -0.4 is 4.74 Å². The lowest BCUT2D eigenvalue weighted by Gasteiger charge is -2.17. The van der Waals surface area contributed by atoms with Gasteiger partial charge in [-0.15, -0.1) is 0 Å². The maximum atomic E-state index is 13.3. The van der Waals surface area contributed by atoms with Gasteiger partial charge in [-0.3, -0.25) is 0 Å². The van der Waals surface area contributed by atoms with Crippen molar-refractivity contribution >= 4 is 0 Å². The fourth-order valence-corrected chi connectivity index (χ4v) is 1.48. The fraction of sp³-hybridized carbons (Fsp3) is 0.364. The zero-order chi connectivity index (χ0) is 11.5. The molecule has 0 radical (unpaired) electrons. The van der Waals surface area contributed by atoms with E-state index >= 15 is 0 Å². The van der Waals surface area contributed by atoms with E-state index in [9.17, 15) is 8.78 Å². The number of nitriles is 1. The number of halogens is 2. The standard InChI is InChI=1S/C11H11F2NO/c1-11(12,13)10-8(6-7-14)4-3-5-9(10)15-2/h3-5H,6H2,1-2H3. The van der Waals surface area contributed by atoms with Gasteiger partial charge in [-0.1, -0.05) is 12.1 Å². The first kappa shape index (κ1) is 11.4. The Bertz CT molecular complexity index is 391. The number of hydrogen-bond donors (Lipinski definition) is 0. The summed E-state index contributed by atoms with van der Waals surface area (Å²) in [4.78, 5) is 0. The number of benzene rings is 1. The van der Waals surface area contributed by atoms with Crippen LogP contribution in [0.1, 0.15) is 18.1 Å². The Balaban J connectivity index is 3.35. The van der Waals surface area contributed by atoms with Gasteiger partial charge in [-0.2, -0.15) is 5.26 Å². The molecule has 80 valence electrons. The van der Waals surface area contributed by atoms with Gasteiger partial charge in [-0.25, -0.2) is 8.78 Å². The molecule has 0 bridgehead atoms. The Kier molecular flexibility index (Phi) is 3.25. The fourth-order valence-electron chi connectivity index (χ4n) is 1.48. The first-order valence-corrected chi connectivity index (χ1v) is 4.42.